The topological polar surface area (TPSA) is 37.3 Å². The molecule has 3 aromatic carbocycles. The Kier molecular flexibility index (Phi) is 6.49. The van der Waals surface area contributed by atoms with Crippen molar-refractivity contribution in [1.29, 1.82) is 0 Å². The van der Waals surface area contributed by atoms with Gasteiger partial charge in [-0.1, -0.05) is 51.3 Å². The first-order valence-corrected chi connectivity index (χ1v) is 12.8. The number of anilines is 1. The van der Waals surface area contributed by atoms with E-state index in [1.165, 1.54) is 4.90 Å². The molecule has 0 saturated carbocycles. The third-order valence-corrected chi connectivity index (χ3v) is 7.52. The van der Waals surface area contributed by atoms with Crippen LogP contribution in [0, 0.1) is 13.8 Å². The maximum atomic E-state index is 13.4. The van der Waals surface area contributed by atoms with Crippen LogP contribution in [0.25, 0.3) is 17.0 Å². The average molecular weight is 585 g/mol. The summed E-state index contributed by atoms with van der Waals surface area (Å²) in [4.78, 5) is 14.9. The molecule has 5 rings (SSSR count). The Morgan fingerprint density at radius 2 is 1.83 bits per heavy atom. The van der Waals surface area contributed by atoms with Crippen molar-refractivity contribution in [1.82, 2.24) is 9.88 Å². The second-order valence-electron chi connectivity index (χ2n) is 8.51. The van der Waals surface area contributed by atoms with Gasteiger partial charge in [-0.15, -0.1) is 0 Å². The fourth-order valence-electron chi connectivity index (χ4n) is 4.17. The van der Waals surface area contributed by atoms with E-state index in [0.29, 0.717) is 27.4 Å². The molecule has 2 heterocycles. The van der Waals surface area contributed by atoms with Crippen molar-refractivity contribution in [2.24, 2.45) is 0 Å². The summed E-state index contributed by atoms with van der Waals surface area (Å²) in [7, 11) is 0. The summed E-state index contributed by atoms with van der Waals surface area (Å²) in [6, 6.07) is 17.5. The van der Waals surface area contributed by atoms with Gasteiger partial charge in [0.25, 0.3) is 5.91 Å². The van der Waals surface area contributed by atoms with Crippen LogP contribution in [0.1, 0.15) is 22.3 Å². The molecule has 1 N–H and O–H groups in total. The first-order chi connectivity index (χ1) is 16.7. The zero-order valence-electron chi connectivity index (χ0n) is 18.9. The lowest BCUT2D eigenvalue weighted by molar-refractivity contribution is -0.113. The normalized spacial score (nSPS) is 14.9. The minimum absolute atomic E-state index is 0.185. The van der Waals surface area contributed by atoms with Crippen LogP contribution in [0.15, 0.2) is 71.0 Å². The van der Waals surface area contributed by atoms with Crippen molar-refractivity contribution in [2.45, 2.75) is 20.4 Å². The molecule has 0 unspecified atom stereocenters. The fraction of sp³-hybridized carbons (Fsp3) is 0.111. The van der Waals surface area contributed by atoms with Gasteiger partial charge in [-0.3, -0.25) is 9.69 Å². The van der Waals surface area contributed by atoms with E-state index in [9.17, 15) is 4.79 Å². The number of carbonyl (C=O) groups is 1. The van der Waals surface area contributed by atoms with Crippen LogP contribution in [0.2, 0.25) is 10.0 Å². The summed E-state index contributed by atoms with van der Waals surface area (Å²) < 4.78 is 3.06. The van der Waals surface area contributed by atoms with E-state index in [4.69, 9.17) is 35.4 Å². The number of aryl methyl sites for hydroxylation is 2. The van der Waals surface area contributed by atoms with E-state index < -0.39 is 0 Å². The number of amides is 1. The predicted octanol–water partition coefficient (Wildman–Crippen LogP) is 7.64. The predicted molar refractivity (Wildman–Crippen MR) is 152 cm³/mol. The summed E-state index contributed by atoms with van der Waals surface area (Å²) in [5.41, 5.74) is 6.31. The minimum atomic E-state index is -0.185. The summed E-state index contributed by atoms with van der Waals surface area (Å²) in [6.07, 6.45) is 3.87. The quantitative estimate of drug-likeness (QED) is 0.198. The molecule has 0 bridgehead atoms. The van der Waals surface area contributed by atoms with E-state index in [-0.39, 0.29) is 5.91 Å². The number of halogens is 3. The molecule has 1 amide bonds. The number of carbonyl (C=O) groups excluding carboxylic acids is 1. The van der Waals surface area contributed by atoms with Crippen LogP contribution in [0.4, 0.5) is 5.69 Å². The van der Waals surface area contributed by atoms with E-state index in [2.05, 4.69) is 25.8 Å². The lowest BCUT2D eigenvalue weighted by Gasteiger charge is -2.15. The van der Waals surface area contributed by atoms with Gasteiger partial charge in [0.2, 0.25) is 0 Å². The Labute approximate surface area is 227 Å². The van der Waals surface area contributed by atoms with Crippen molar-refractivity contribution in [2.75, 3.05) is 4.90 Å². The molecule has 0 radical (unpaired) electrons. The molecule has 176 valence electrons. The van der Waals surface area contributed by atoms with E-state index >= 15 is 0 Å². The van der Waals surface area contributed by atoms with Gasteiger partial charge in [-0.2, -0.15) is 0 Å². The Bertz CT molecular complexity index is 1560. The van der Waals surface area contributed by atoms with Gasteiger partial charge in [0, 0.05) is 43.7 Å². The summed E-state index contributed by atoms with van der Waals surface area (Å²) in [5.74, 6) is -0.185. The number of benzene rings is 3. The zero-order valence-corrected chi connectivity index (χ0v) is 22.8. The molecule has 0 atom stereocenters. The average Bonchev–Trinajstić information content (AvgIpc) is 3.28. The van der Waals surface area contributed by atoms with Gasteiger partial charge >= 0.3 is 0 Å². The fourth-order valence-corrected chi connectivity index (χ4v) is 5.29. The SMILES string of the molecule is Cc1ccc(N2C(=O)/C(=C/c3cn(Cc4ccc(Cl)cc4Cl)c4ccc(Br)cc34)NC2=S)cc1C. The van der Waals surface area contributed by atoms with Crippen LogP contribution in [0.5, 0.6) is 0 Å². The molecule has 4 aromatic rings. The van der Waals surface area contributed by atoms with Crippen molar-refractivity contribution in [3.8, 4) is 0 Å². The van der Waals surface area contributed by atoms with E-state index in [1.54, 1.807) is 6.07 Å². The summed E-state index contributed by atoms with van der Waals surface area (Å²) in [5, 5.41) is 5.67. The molecular formula is C27H20BrCl2N3OS. The van der Waals surface area contributed by atoms with Gasteiger partial charge in [0.05, 0.1) is 5.69 Å². The number of hydrogen-bond acceptors (Lipinski definition) is 2. The Morgan fingerprint density at radius 3 is 2.57 bits per heavy atom. The summed E-state index contributed by atoms with van der Waals surface area (Å²) >= 11 is 21.6. The molecular weight excluding hydrogens is 565 g/mol. The maximum absolute atomic E-state index is 13.4. The Hall–Kier alpha value is -2.64. The molecule has 0 spiro atoms. The van der Waals surface area contributed by atoms with Crippen LogP contribution < -0.4 is 10.2 Å². The standard InChI is InChI=1S/C27H20BrCl2N3OS/c1-15-3-7-21(9-16(15)2)33-26(34)24(31-27(33)35)10-18-14-32(25-8-5-19(28)11-22(18)25)13-17-4-6-20(29)12-23(17)30/h3-12,14H,13H2,1-2H3,(H,31,35)/b24-10-. The number of aromatic nitrogens is 1. The highest BCUT2D eigenvalue weighted by Gasteiger charge is 2.32. The molecule has 1 aliphatic rings. The van der Waals surface area contributed by atoms with Gasteiger partial charge in [-0.05, 0) is 91.3 Å². The lowest BCUT2D eigenvalue weighted by Crippen LogP contribution is -2.30. The third kappa shape index (κ3) is 4.64. The molecule has 35 heavy (non-hydrogen) atoms. The molecule has 1 saturated heterocycles. The molecule has 4 nitrogen and oxygen atoms in total. The Balaban J connectivity index is 1.55. The lowest BCUT2D eigenvalue weighted by atomic mass is 10.1. The van der Waals surface area contributed by atoms with Gasteiger partial charge in [0.1, 0.15) is 5.70 Å². The van der Waals surface area contributed by atoms with E-state index in [1.807, 2.05) is 74.7 Å². The number of nitrogens with one attached hydrogen (secondary N) is 1. The zero-order chi connectivity index (χ0) is 24.9. The Morgan fingerprint density at radius 1 is 1.03 bits per heavy atom. The monoisotopic (exact) mass is 583 g/mol. The first-order valence-electron chi connectivity index (χ1n) is 10.9. The van der Waals surface area contributed by atoms with Crippen molar-refractivity contribution in [3.05, 3.63) is 103 Å². The number of hydrogen-bond donors (Lipinski definition) is 1. The van der Waals surface area contributed by atoms with Crippen molar-refractivity contribution in [3.63, 3.8) is 0 Å². The molecule has 0 aliphatic carbocycles. The number of rotatable bonds is 4. The van der Waals surface area contributed by atoms with Gasteiger partial charge in [-0.25, -0.2) is 0 Å². The number of fused-ring (bicyclic) bond motifs is 1. The second kappa shape index (κ2) is 9.43. The molecule has 8 heteroatoms. The van der Waals surface area contributed by atoms with Gasteiger partial charge < -0.3 is 9.88 Å². The highest BCUT2D eigenvalue weighted by atomic mass is 79.9. The maximum Gasteiger partial charge on any atom is 0.281 e. The smallest absolute Gasteiger partial charge is 0.281 e. The highest BCUT2D eigenvalue weighted by molar-refractivity contribution is 9.10. The van der Waals surface area contributed by atoms with Crippen LogP contribution in [0.3, 0.4) is 0 Å². The molecule has 1 aliphatic heterocycles. The van der Waals surface area contributed by atoms with Crippen molar-refractivity contribution < 1.29 is 4.79 Å². The summed E-state index contributed by atoms with van der Waals surface area (Å²) in [6.45, 7) is 4.62. The number of thiocarbonyl (C=S) groups is 1. The number of nitrogens with zero attached hydrogens (tertiary/aromatic N) is 2. The van der Waals surface area contributed by atoms with E-state index in [0.717, 1.165) is 43.3 Å². The first kappa shape index (κ1) is 24.1. The largest absolute Gasteiger partial charge is 0.342 e. The third-order valence-electron chi connectivity index (χ3n) is 6.16. The van der Waals surface area contributed by atoms with Gasteiger partial charge in [0.15, 0.2) is 5.11 Å². The van der Waals surface area contributed by atoms with Crippen LogP contribution in [-0.2, 0) is 11.3 Å². The van der Waals surface area contributed by atoms with Crippen molar-refractivity contribution >= 4 is 85.0 Å². The molecule has 1 aromatic heterocycles. The van der Waals surface area contributed by atoms with Crippen LogP contribution in [-0.4, -0.2) is 15.6 Å². The molecule has 1 fully saturated rings. The highest BCUT2D eigenvalue weighted by Crippen LogP contribution is 2.31. The minimum Gasteiger partial charge on any atom is -0.342 e. The second-order valence-corrected chi connectivity index (χ2v) is 10.7. The van der Waals surface area contributed by atoms with Crippen LogP contribution >= 0.6 is 51.3 Å².